The van der Waals surface area contributed by atoms with Crippen molar-refractivity contribution in [2.75, 3.05) is 19.0 Å². The van der Waals surface area contributed by atoms with Gasteiger partial charge in [-0.15, -0.1) is 0 Å². The average Bonchev–Trinajstić information content (AvgIpc) is 3.29. The van der Waals surface area contributed by atoms with Gasteiger partial charge in [-0.3, -0.25) is 15.1 Å². The molecule has 11 heteroatoms. The summed E-state index contributed by atoms with van der Waals surface area (Å²) in [5, 5.41) is 26.2. The fourth-order valence-corrected chi connectivity index (χ4v) is 3.33. The smallest absolute Gasteiger partial charge is 0.350 e. The van der Waals surface area contributed by atoms with Gasteiger partial charge in [0.1, 0.15) is 24.4 Å². The Bertz CT molecular complexity index is 1080. The van der Waals surface area contributed by atoms with Gasteiger partial charge in [-0.05, 0) is 12.1 Å². The molecule has 0 aliphatic carbocycles. The van der Waals surface area contributed by atoms with Crippen molar-refractivity contribution in [1.82, 2.24) is 19.6 Å². The topological polar surface area (TPSA) is 151 Å². The Morgan fingerprint density at radius 1 is 1.38 bits per heavy atom. The Morgan fingerprint density at radius 3 is 2.83 bits per heavy atom. The van der Waals surface area contributed by atoms with Gasteiger partial charge >= 0.3 is 5.69 Å². The molecule has 0 radical (unpaired) electrons. The van der Waals surface area contributed by atoms with Crippen LogP contribution in [0.1, 0.15) is 22.0 Å². The SMILES string of the molecule is COC1C(c2cnn3c(=O)[nH]c(NC(=O)c4ccccc4)nc23)OC(CO)C1O. The lowest BCUT2D eigenvalue weighted by atomic mass is 10.0. The molecule has 1 saturated heterocycles. The van der Waals surface area contributed by atoms with Crippen molar-refractivity contribution in [1.29, 1.82) is 0 Å². The van der Waals surface area contributed by atoms with E-state index < -0.39 is 42.6 Å². The molecule has 1 aliphatic rings. The van der Waals surface area contributed by atoms with Crippen LogP contribution in [0.25, 0.3) is 5.65 Å². The van der Waals surface area contributed by atoms with Gasteiger partial charge in [0, 0.05) is 18.2 Å². The maximum Gasteiger partial charge on any atom is 0.350 e. The summed E-state index contributed by atoms with van der Waals surface area (Å²) in [6.07, 6.45) is -2.13. The summed E-state index contributed by atoms with van der Waals surface area (Å²) in [6, 6.07) is 8.47. The molecule has 0 bridgehead atoms. The molecule has 4 rings (SSSR count). The molecule has 2 aromatic heterocycles. The highest BCUT2D eigenvalue weighted by molar-refractivity contribution is 6.03. The molecular formula is C18H19N5O6. The van der Waals surface area contributed by atoms with Crippen molar-refractivity contribution in [3.63, 3.8) is 0 Å². The second kappa shape index (κ2) is 7.72. The lowest BCUT2D eigenvalue weighted by molar-refractivity contribution is -0.0229. The van der Waals surface area contributed by atoms with E-state index in [0.29, 0.717) is 11.1 Å². The fraction of sp³-hybridized carbons (Fsp3) is 0.333. The Kier molecular flexibility index (Phi) is 5.11. The minimum Gasteiger partial charge on any atom is -0.394 e. The van der Waals surface area contributed by atoms with Crippen molar-refractivity contribution in [2.24, 2.45) is 0 Å². The minimum absolute atomic E-state index is 0.0654. The first-order valence-electron chi connectivity index (χ1n) is 8.85. The lowest BCUT2D eigenvalue weighted by Crippen LogP contribution is -2.33. The number of benzene rings is 1. The number of hydrogen-bond acceptors (Lipinski definition) is 8. The van der Waals surface area contributed by atoms with Crippen LogP contribution in [0.4, 0.5) is 5.95 Å². The molecule has 4 N–H and O–H groups in total. The first-order valence-corrected chi connectivity index (χ1v) is 8.85. The van der Waals surface area contributed by atoms with Gasteiger partial charge in [-0.1, -0.05) is 18.2 Å². The van der Waals surface area contributed by atoms with Crippen molar-refractivity contribution >= 4 is 17.5 Å². The molecule has 1 aromatic carbocycles. The predicted octanol–water partition coefficient (Wildman–Crippen LogP) is -0.522. The Hall–Kier alpha value is -3.12. The molecule has 11 nitrogen and oxygen atoms in total. The molecule has 1 aliphatic heterocycles. The second-order valence-electron chi connectivity index (χ2n) is 6.51. The van der Waals surface area contributed by atoms with E-state index in [1.807, 2.05) is 0 Å². The van der Waals surface area contributed by atoms with Crippen LogP contribution in [0.15, 0.2) is 41.3 Å². The molecule has 1 amide bonds. The number of carbonyl (C=O) groups excluding carboxylic acids is 1. The molecule has 3 heterocycles. The molecule has 152 valence electrons. The van der Waals surface area contributed by atoms with Gasteiger partial charge in [0.05, 0.1) is 12.8 Å². The van der Waals surface area contributed by atoms with Gasteiger partial charge in [0.15, 0.2) is 5.65 Å². The Balaban J connectivity index is 1.70. The van der Waals surface area contributed by atoms with E-state index in [0.717, 1.165) is 4.52 Å². The minimum atomic E-state index is -1.07. The van der Waals surface area contributed by atoms with Crippen molar-refractivity contribution in [3.05, 3.63) is 58.1 Å². The van der Waals surface area contributed by atoms with Crippen LogP contribution in [0.5, 0.6) is 0 Å². The summed E-state index contributed by atoms with van der Waals surface area (Å²) in [5.74, 6) is -0.508. The normalized spacial score (nSPS) is 24.1. The average molecular weight is 401 g/mol. The summed E-state index contributed by atoms with van der Waals surface area (Å²) in [7, 11) is 1.40. The summed E-state index contributed by atoms with van der Waals surface area (Å²) < 4.78 is 12.0. The van der Waals surface area contributed by atoms with Crippen molar-refractivity contribution < 1.29 is 24.5 Å². The Labute approximate surface area is 163 Å². The summed E-state index contributed by atoms with van der Waals surface area (Å²) in [5.41, 5.74) is 0.301. The number of aromatic amines is 1. The number of anilines is 1. The summed E-state index contributed by atoms with van der Waals surface area (Å²) in [6.45, 7) is -0.400. The number of rotatable bonds is 5. The van der Waals surface area contributed by atoms with Gasteiger partial charge in [0.25, 0.3) is 5.91 Å². The number of aliphatic hydroxyl groups is 2. The Morgan fingerprint density at radius 2 is 2.14 bits per heavy atom. The molecule has 3 aromatic rings. The standard InChI is InChI=1S/C18H19N5O6/c1-28-14-12(25)11(8-24)29-13(14)10-7-19-23-15(10)20-17(22-18(23)27)21-16(26)9-5-3-2-4-6-9/h2-7,11-14,24-25H,8H2,1H3,(H2,20,21,22,26,27). The van der Waals surface area contributed by atoms with E-state index in [9.17, 15) is 19.8 Å². The first kappa shape index (κ1) is 19.2. The number of ether oxygens (including phenoxy) is 2. The second-order valence-corrected chi connectivity index (χ2v) is 6.51. The van der Waals surface area contributed by atoms with Crippen LogP contribution >= 0.6 is 0 Å². The molecule has 29 heavy (non-hydrogen) atoms. The summed E-state index contributed by atoms with van der Waals surface area (Å²) in [4.78, 5) is 31.5. The highest BCUT2D eigenvalue weighted by atomic mass is 16.6. The maximum atomic E-state index is 12.4. The maximum absolute atomic E-state index is 12.4. The number of hydrogen-bond donors (Lipinski definition) is 4. The van der Waals surface area contributed by atoms with Crippen molar-refractivity contribution in [2.45, 2.75) is 24.4 Å². The third kappa shape index (κ3) is 3.40. The van der Waals surface area contributed by atoms with E-state index in [-0.39, 0.29) is 11.6 Å². The quantitative estimate of drug-likeness (QED) is 0.446. The highest BCUT2D eigenvalue weighted by Gasteiger charge is 2.45. The lowest BCUT2D eigenvalue weighted by Gasteiger charge is -2.17. The van der Waals surface area contributed by atoms with Crippen LogP contribution in [-0.2, 0) is 9.47 Å². The third-order valence-corrected chi connectivity index (χ3v) is 4.77. The van der Waals surface area contributed by atoms with Gasteiger partial charge in [-0.25, -0.2) is 4.79 Å². The van der Waals surface area contributed by atoms with E-state index in [2.05, 4.69) is 20.4 Å². The number of aromatic nitrogens is 4. The number of carbonyl (C=O) groups is 1. The van der Waals surface area contributed by atoms with E-state index in [1.54, 1.807) is 30.3 Å². The third-order valence-electron chi connectivity index (χ3n) is 4.77. The van der Waals surface area contributed by atoms with E-state index in [4.69, 9.17) is 9.47 Å². The van der Waals surface area contributed by atoms with Crippen LogP contribution < -0.4 is 11.0 Å². The molecule has 4 unspecified atom stereocenters. The van der Waals surface area contributed by atoms with Gasteiger partial charge in [0.2, 0.25) is 5.95 Å². The monoisotopic (exact) mass is 401 g/mol. The van der Waals surface area contributed by atoms with Crippen molar-refractivity contribution in [3.8, 4) is 0 Å². The van der Waals surface area contributed by atoms with E-state index >= 15 is 0 Å². The predicted molar refractivity (Wildman–Crippen MR) is 99.5 cm³/mol. The zero-order valence-corrected chi connectivity index (χ0v) is 15.3. The highest BCUT2D eigenvalue weighted by Crippen LogP contribution is 2.36. The van der Waals surface area contributed by atoms with Crippen LogP contribution in [0.2, 0.25) is 0 Å². The molecule has 0 saturated carbocycles. The number of nitrogens with one attached hydrogen (secondary N) is 2. The molecule has 4 atom stereocenters. The summed E-state index contributed by atoms with van der Waals surface area (Å²) >= 11 is 0. The van der Waals surface area contributed by atoms with E-state index in [1.165, 1.54) is 13.3 Å². The number of aliphatic hydroxyl groups excluding tert-OH is 2. The number of amides is 1. The van der Waals surface area contributed by atoms with Crippen LogP contribution in [-0.4, -0.2) is 67.7 Å². The van der Waals surface area contributed by atoms with Gasteiger partial charge in [-0.2, -0.15) is 14.6 Å². The van der Waals surface area contributed by atoms with Crippen LogP contribution in [0.3, 0.4) is 0 Å². The first-order chi connectivity index (χ1) is 14.0. The molecular weight excluding hydrogens is 382 g/mol. The van der Waals surface area contributed by atoms with Crippen LogP contribution in [0, 0.1) is 0 Å². The zero-order valence-electron chi connectivity index (χ0n) is 15.3. The molecule has 0 spiro atoms. The molecule has 1 fully saturated rings. The number of fused-ring (bicyclic) bond motifs is 1. The largest absolute Gasteiger partial charge is 0.394 e. The fourth-order valence-electron chi connectivity index (χ4n) is 3.33. The number of methoxy groups -OCH3 is 1. The number of nitrogens with zero attached hydrogens (tertiary/aromatic N) is 3. The number of H-pyrrole nitrogens is 1. The van der Waals surface area contributed by atoms with Gasteiger partial charge < -0.3 is 19.7 Å². The zero-order chi connectivity index (χ0) is 20.5.